The molecule has 0 spiro atoms. The lowest BCUT2D eigenvalue weighted by Crippen LogP contribution is -2.27. The topological polar surface area (TPSA) is 65.6 Å². The highest BCUT2D eigenvalue weighted by atomic mass is 19.1. The van der Waals surface area contributed by atoms with E-state index in [4.69, 9.17) is 0 Å². The number of halogens is 1. The Balaban J connectivity index is 2.46. The van der Waals surface area contributed by atoms with Crippen molar-refractivity contribution in [1.29, 1.82) is 0 Å². The fraction of sp³-hybridized carbons (Fsp3) is 0.400. The molecule has 17 heavy (non-hydrogen) atoms. The molecule has 0 unspecified atom stereocenters. The largest absolute Gasteiger partial charge is 0.349 e. The smallest absolute Gasteiger partial charge is 0.296 e. The zero-order chi connectivity index (χ0) is 12.4. The summed E-state index contributed by atoms with van der Waals surface area (Å²) in [5, 5.41) is 3.73. The van der Waals surface area contributed by atoms with Gasteiger partial charge in [0.2, 0.25) is 0 Å². The van der Waals surface area contributed by atoms with E-state index in [0.717, 1.165) is 10.9 Å². The summed E-state index contributed by atoms with van der Waals surface area (Å²) in [5.74, 6) is -0.491. The summed E-state index contributed by atoms with van der Waals surface area (Å²) in [6.07, 6.45) is 3.69. The summed E-state index contributed by atoms with van der Waals surface area (Å²) >= 11 is 0. The molecule has 2 aromatic rings. The van der Waals surface area contributed by atoms with Gasteiger partial charge in [0, 0.05) is 12.7 Å². The van der Waals surface area contributed by atoms with Gasteiger partial charge in [0.25, 0.3) is 0 Å². The average Bonchev–Trinajstić information content (AvgIpc) is 2.75. The van der Waals surface area contributed by atoms with Crippen LogP contribution in [-0.4, -0.2) is 24.3 Å². The first-order valence-corrected chi connectivity index (χ1v) is 5.20. The van der Waals surface area contributed by atoms with E-state index in [2.05, 4.69) is 15.1 Å². The van der Waals surface area contributed by atoms with E-state index in [0.29, 0.717) is 6.54 Å². The molecule has 0 saturated heterocycles. The van der Waals surface area contributed by atoms with Gasteiger partial charge in [-0.1, -0.05) is 13.8 Å². The van der Waals surface area contributed by atoms with Gasteiger partial charge in [0.05, 0.1) is 0 Å². The third-order valence-corrected chi connectivity index (χ3v) is 2.13. The van der Waals surface area contributed by atoms with Crippen molar-refractivity contribution in [3.8, 4) is 5.82 Å². The summed E-state index contributed by atoms with van der Waals surface area (Å²) in [6.45, 7) is 4.31. The van der Waals surface area contributed by atoms with Crippen LogP contribution >= 0.6 is 0 Å². The van der Waals surface area contributed by atoms with E-state index in [1.165, 1.54) is 17.2 Å². The summed E-state index contributed by atoms with van der Waals surface area (Å²) in [4.78, 5) is 19.0. The Kier molecular flexibility index (Phi) is 2.99. The Hall–Kier alpha value is -2.05. The third-order valence-electron chi connectivity index (χ3n) is 2.13. The van der Waals surface area contributed by atoms with Crippen LogP contribution in [0.15, 0.2) is 23.6 Å². The number of nitrogens with zero attached hydrogens (tertiary/aromatic N) is 5. The fourth-order valence-corrected chi connectivity index (χ4v) is 1.46. The molecule has 90 valence electrons. The van der Waals surface area contributed by atoms with Gasteiger partial charge in [-0.25, -0.2) is 14.2 Å². The molecule has 0 amide bonds. The molecule has 2 aromatic heterocycles. The Labute approximate surface area is 96.8 Å². The normalized spacial score (nSPS) is 11.1. The van der Waals surface area contributed by atoms with Crippen LogP contribution in [0.3, 0.4) is 0 Å². The Morgan fingerprint density at radius 1 is 1.47 bits per heavy atom. The molecule has 0 saturated carbocycles. The number of rotatable bonds is 3. The highest BCUT2D eigenvalue weighted by molar-refractivity contribution is 5.19. The molecule has 2 rings (SSSR count). The molecule has 0 aliphatic rings. The predicted octanol–water partition coefficient (Wildman–Crippen LogP) is 0.619. The van der Waals surface area contributed by atoms with Crippen molar-refractivity contribution >= 4 is 0 Å². The Morgan fingerprint density at radius 2 is 2.24 bits per heavy atom. The summed E-state index contributed by atoms with van der Waals surface area (Å²) < 4.78 is 16.1. The molecule has 0 aromatic carbocycles. The lowest BCUT2D eigenvalue weighted by atomic mass is 10.2. The number of aromatic nitrogens is 5. The van der Waals surface area contributed by atoms with Gasteiger partial charge in [-0.05, 0) is 5.92 Å². The van der Waals surface area contributed by atoms with Crippen molar-refractivity contribution in [2.75, 3.05) is 0 Å². The maximum Gasteiger partial charge on any atom is 0.349 e. The summed E-state index contributed by atoms with van der Waals surface area (Å²) in [6, 6.07) is 0. The Morgan fingerprint density at radius 3 is 2.82 bits per heavy atom. The first-order chi connectivity index (χ1) is 8.08. The van der Waals surface area contributed by atoms with Gasteiger partial charge in [-0.3, -0.25) is 4.57 Å². The molecule has 0 aliphatic carbocycles. The minimum atomic E-state index is -0.601. The van der Waals surface area contributed by atoms with Crippen molar-refractivity contribution in [3.63, 3.8) is 0 Å². The maximum absolute atomic E-state index is 13.7. The molecule has 2 heterocycles. The first kappa shape index (κ1) is 11.4. The van der Waals surface area contributed by atoms with Crippen molar-refractivity contribution in [2.24, 2.45) is 5.92 Å². The molecule has 6 nitrogen and oxygen atoms in total. The van der Waals surface area contributed by atoms with Crippen molar-refractivity contribution in [3.05, 3.63) is 35.2 Å². The van der Waals surface area contributed by atoms with Crippen molar-refractivity contribution in [2.45, 2.75) is 20.4 Å². The van der Waals surface area contributed by atoms with Gasteiger partial charge in [-0.2, -0.15) is 14.8 Å². The molecule has 0 fully saturated rings. The monoisotopic (exact) mass is 237 g/mol. The quantitative estimate of drug-likeness (QED) is 0.784. The average molecular weight is 237 g/mol. The van der Waals surface area contributed by atoms with E-state index >= 15 is 0 Å². The molecule has 0 bridgehead atoms. The van der Waals surface area contributed by atoms with E-state index in [9.17, 15) is 9.18 Å². The predicted molar refractivity (Wildman–Crippen MR) is 58.2 cm³/mol. The van der Waals surface area contributed by atoms with Gasteiger partial charge < -0.3 is 0 Å². The van der Waals surface area contributed by atoms with Crippen LogP contribution in [0.2, 0.25) is 0 Å². The summed E-state index contributed by atoms with van der Waals surface area (Å²) in [5.41, 5.74) is -0.495. The van der Waals surface area contributed by atoms with Crippen LogP contribution in [0.5, 0.6) is 0 Å². The zero-order valence-corrected chi connectivity index (χ0v) is 9.54. The molecule has 0 atom stereocenters. The SMILES string of the molecule is CC(C)Cn1cc(F)c(-n2cncn2)nc1=O. The van der Waals surface area contributed by atoms with Crippen LogP contribution in [0.4, 0.5) is 4.39 Å². The molecule has 0 N–H and O–H groups in total. The second kappa shape index (κ2) is 4.44. The molecular weight excluding hydrogens is 225 g/mol. The molecule has 7 heteroatoms. The Bertz CT molecular complexity index is 561. The maximum atomic E-state index is 13.7. The second-order valence-electron chi connectivity index (χ2n) is 4.08. The van der Waals surface area contributed by atoms with E-state index < -0.39 is 11.5 Å². The summed E-state index contributed by atoms with van der Waals surface area (Å²) in [7, 11) is 0. The minimum Gasteiger partial charge on any atom is -0.296 e. The van der Waals surface area contributed by atoms with Crippen LogP contribution < -0.4 is 5.69 Å². The van der Waals surface area contributed by atoms with Crippen LogP contribution in [-0.2, 0) is 6.54 Å². The van der Waals surface area contributed by atoms with Crippen LogP contribution in [0.25, 0.3) is 5.82 Å². The third kappa shape index (κ3) is 2.38. The van der Waals surface area contributed by atoms with Crippen LogP contribution in [0, 0.1) is 11.7 Å². The number of hydrogen-bond donors (Lipinski definition) is 0. The van der Waals surface area contributed by atoms with Crippen LogP contribution in [0.1, 0.15) is 13.8 Å². The van der Waals surface area contributed by atoms with Gasteiger partial charge in [-0.15, -0.1) is 0 Å². The fourth-order valence-electron chi connectivity index (χ4n) is 1.46. The van der Waals surface area contributed by atoms with Gasteiger partial charge in [0.1, 0.15) is 12.7 Å². The van der Waals surface area contributed by atoms with Gasteiger partial charge >= 0.3 is 5.69 Å². The highest BCUT2D eigenvalue weighted by Crippen LogP contribution is 2.06. The van der Waals surface area contributed by atoms with Gasteiger partial charge in [0.15, 0.2) is 11.6 Å². The van der Waals surface area contributed by atoms with Crippen molar-refractivity contribution < 1.29 is 4.39 Å². The molecule has 0 aliphatic heterocycles. The first-order valence-electron chi connectivity index (χ1n) is 5.20. The van der Waals surface area contributed by atoms with Crippen molar-refractivity contribution in [1.82, 2.24) is 24.3 Å². The highest BCUT2D eigenvalue weighted by Gasteiger charge is 2.11. The standard InChI is InChI=1S/C10H12FN5O/c1-7(2)3-15-4-8(11)9(14-10(15)17)16-6-12-5-13-16/h4-7H,3H2,1-2H3. The minimum absolute atomic E-state index is 0.132. The van der Waals surface area contributed by atoms with E-state index in [1.54, 1.807) is 0 Å². The molecule has 0 radical (unpaired) electrons. The van der Waals surface area contributed by atoms with E-state index in [-0.39, 0.29) is 11.7 Å². The second-order valence-corrected chi connectivity index (χ2v) is 4.08. The van der Waals surface area contributed by atoms with E-state index in [1.807, 2.05) is 13.8 Å². The number of hydrogen-bond acceptors (Lipinski definition) is 4. The lowest BCUT2D eigenvalue weighted by molar-refractivity contribution is 0.479. The zero-order valence-electron chi connectivity index (χ0n) is 9.54. The lowest BCUT2D eigenvalue weighted by Gasteiger charge is -2.09. The molecular formula is C10H12FN5O.